The summed E-state index contributed by atoms with van der Waals surface area (Å²) in [6.07, 6.45) is 0.866. The minimum atomic E-state index is -1.05. The maximum absolute atomic E-state index is 11.9. The average molecular weight is 314 g/mol. The Labute approximate surface area is 134 Å². The van der Waals surface area contributed by atoms with Gasteiger partial charge in [-0.3, -0.25) is 5.32 Å². The second-order valence-electron chi connectivity index (χ2n) is 5.88. The maximum Gasteiger partial charge on any atom is 0.413 e. The predicted molar refractivity (Wildman–Crippen MR) is 86.5 cm³/mol. The summed E-state index contributed by atoms with van der Waals surface area (Å²) in [6.45, 7) is 5.27. The Balaban J connectivity index is 2.39. The molecule has 2 rings (SSSR count). The van der Waals surface area contributed by atoms with Gasteiger partial charge in [0.1, 0.15) is 11.4 Å². The van der Waals surface area contributed by atoms with Gasteiger partial charge in [-0.15, -0.1) is 0 Å². The molecule has 0 fully saturated rings. The van der Waals surface area contributed by atoms with Crippen molar-refractivity contribution in [2.45, 2.75) is 26.4 Å². The van der Waals surface area contributed by atoms with Crippen molar-refractivity contribution in [3.8, 4) is 11.1 Å². The number of pyridine rings is 1. The van der Waals surface area contributed by atoms with Crippen molar-refractivity contribution >= 4 is 17.9 Å². The summed E-state index contributed by atoms with van der Waals surface area (Å²) in [5, 5.41) is 11.9. The number of carbonyl (C=O) groups is 2. The molecule has 1 amide bonds. The van der Waals surface area contributed by atoms with Gasteiger partial charge in [0.15, 0.2) is 0 Å². The normalized spacial score (nSPS) is 10.9. The summed E-state index contributed by atoms with van der Waals surface area (Å²) in [4.78, 5) is 27.4. The number of anilines is 1. The second kappa shape index (κ2) is 6.48. The Bertz CT molecular complexity index is 735. The lowest BCUT2D eigenvalue weighted by Gasteiger charge is -2.20. The van der Waals surface area contributed by atoms with Crippen molar-refractivity contribution in [1.82, 2.24) is 4.98 Å². The van der Waals surface area contributed by atoms with E-state index in [1.54, 1.807) is 51.1 Å². The van der Waals surface area contributed by atoms with Crippen LogP contribution < -0.4 is 5.32 Å². The molecule has 2 N–H and O–H groups in total. The molecule has 1 aromatic heterocycles. The van der Waals surface area contributed by atoms with Crippen LogP contribution in [0.2, 0.25) is 0 Å². The van der Waals surface area contributed by atoms with Gasteiger partial charge in [0.2, 0.25) is 0 Å². The number of nitrogens with zero attached hydrogens (tertiary/aromatic N) is 1. The van der Waals surface area contributed by atoms with E-state index in [4.69, 9.17) is 4.74 Å². The standard InChI is InChI=1S/C17H18N2O4/c1-17(2,3)23-16(22)19-14-12(9-6-10-18-14)11-7-4-5-8-13(11)15(20)21/h4-10H,1-3H3,(H,20,21)(H,18,19,22). The Morgan fingerprint density at radius 2 is 1.74 bits per heavy atom. The third kappa shape index (κ3) is 4.29. The Kier molecular flexibility index (Phi) is 4.64. The van der Waals surface area contributed by atoms with E-state index < -0.39 is 17.7 Å². The highest BCUT2D eigenvalue weighted by Gasteiger charge is 2.19. The summed E-state index contributed by atoms with van der Waals surface area (Å²) in [6, 6.07) is 9.91. The molecule has 0 saturated heterocycles. The van der Waals surface area contributed by atoms with Crippen molar-refractivity contribution in [1.29, 1.82) is 0 Å². The summed E-state index contributed by atoms with van der Waals surface area (Å²) in [5.74, 6) is -0.803. The zero-order valence-corrected chi connectivity index (χ0v) is 13.2. The first kappa shape index (κ1) is 16.5. The van der Waals surface area contributed by atoms with Crippen LogP contribution >= 0.6 is 0 Å². The molecule has 1 heterocycles. The van der Waals surface area contributed by atoms with Gasteiger partial charge in [-0.05, 0) is 44.5 Å². The number of amides is 1. The number of carbonyl (C=O) groups excluding carboxylic acids is 1. The summed E-state index contributed by atoms with van der Waals surface area (Å²) >= 11 is 0. The number of carboxylic acids is 1. The number of hydrogen-bond donors (Lipinski definition) is 2. The minimum absolute atomic E-state index is 0.132. The maximum atomic E-state index is 11.9. The molecule has 0 radical (unpaired) electrons. The quantitative estimate of drug-likeness (QED) is 0.899. The van der Waals surface area contributed by atoms with E-state index in [2.05, 4.69) is 10.3 Å². The van der Waals surface area contributed by atoms with E-state index in [0.717, 1.165) is 0 Å². The molecular formula is C17H18N2O4. The molecule has 0 aliphatic carbocycles. The monoisotopic (exact) mass is 314 g/mol. The number of ether oxygens (including phenoxy) is 1. The molecule has 1 aromatic carbocycles. The van der Waals surface area contributed by atoms with Crippen LogP contribution in [0.3, 0.4) is 0 Å². The topological polar surface area (TPSA) is 88.5 Å². The highest BCUT2D eigenvalue weighted by molar-refractivity contribution is 5.99. The van der Waals surface area contributed by atoms with Gasteiger partial charge < -0.3 is 9.84 Å². The van der Waals surface area contributed by atoms with Crippen LogP contribution in [-0.2, 0) is 4.74 Å². The molecular weight excluding hydrogens is 296 g/mol. The van der Waals surface area contributed by atoms with Crippen molar-refractivity contribution < 1.29 is 19.4 Å². The summed E-state index contributed by atoms with van der Waals surface area (Å²) in [7, 11) is 0. The van der Waals surface area contributed by atoms with Gasteiger partial charge in [-0.25, -0.2) is 14.6 Å². The van der Waals surface area contributed by atoms with Gasteiger partial charge >= 0.3 is 12.1 Å². The zero-order chi connectivity index (χ0) is 17.0. The number of rotatable bonds is 3. The smallest absolute Gasteiger partial charge is 0.413 e. The second-order valence-corrected chi connectivity index (χ2v) is 5.88. The zero-order valence-electron chi connectivity index (χ0n) is 13.2. The van der Waals surface area contributed by atoms with Crippen LogP contribution in [-0.4, -0.2) is 27.8 Å². The fraction of sp³-hybridized carbons (Fsp3) is 0.235. The fourth-order valence-electron chi connectivity index (χ4n) is 2.03. The highest BCUT2D eigenvalue weighted by Crippen LogP contribution is 2.29. The molecule has 23 heavy (non-hydrogen) atoms. The van der Waals surface area contributed by atoms with Crippen molar-refractivity contribution in [2.75, 3.05) is 5.32 Å². The SMILES string of the molecule is CC(C)(C)OC(=O)Nc1ncccc1-c1ccccc1C(=O)O. The van der Waals surface area contributed by atoms with E-state index >= 15 is 0 Å². The fourth-order valence-corrected chi connectivity index (χ4v) is 2.03. The van der Waals surface area contributed by atoms with Gasteiger partial charge in [-0.1, -0.05) is 18.2 Å². The van der Waals surface area contributed by atoms with Crippen LogP contribution in [0.5, 0.6) is 0 Å². The van der Waals surface area contributed by atoms with Crippen LogP contribution in [0.4, 0.5) is 10.6 Å². The van der Waals surface area contributed by atoms with Crippen LogP contribution in [0, 0.1) is 0 Å². The van der Waals surface area contributed by atoms with Crippen molar-refractivity contribution in [2.24, 2.45) is 0 Å². The van der Waals surface area contributed by atoms with Gasteiger partial charge in [0.05, 0.1) is 5.56 Å². The molecule has 0 aliphatic rings. The number of aromatic carboxylic acids is 1. The molecule has 6 nitrogen and oxygen atoms in total. The third-order valence-corrected chi connectivity index (χ3v) is 2.87. The number of aromatic nitrogens is 1. The summed E-state index contributed by atoms with van der Waals surface area (Å²) < 4.78 is 5.20. The Morgan fingerprint density at radius 1 is 1.09 bits per heavy atom. The number of nitrogens with one attached hydrogen (secondary N) is 1. The first-order valence-corrected chi connectivity index (χ1v) is 7.05. The predicted octanol–water partition coefficient (Wildman–Crippen LogP) is 3.79. The van der Waals surface area contributed by atoms with Crippen LogP contribution in [0.1, 0.15) is 31.1 Å². The Morgan fingerprint density at radius 3 is 2.39 bits per heavy atom. The number of benzene rings is 1. The van der Waals surface area contributed by atoms with Crippen LogP contribution in [0.25, 0.3) is 11.1 Å². The molecule has 0 atom stereocenters. The molecule has 120 valence electrons. The molecule has 0 bridgehead atoms. The molecule has 0 spiro atoms. The lowest BCUT2D eigenvalue weighted by atomic mass is 10.0. The van der Waals surface area contributed by atoms with Crippen LogP contribution in [0.15, 0.2) is 42.6 Å². The van der Waals surface area contributed by atoms with Gasteiger partial charge in [0.25, 0.3) is 0 Å². The number of carboxylic acid groups (broad SMARTS) is 1. The van der Waals surface area contributed by atoms with E-state index in [-0.39, 0.29) is 11.4 Å². The van der Waals surface area contributed by atoms with E-state index in [1.165, 1.54) is 12.3 Å². The van der Waals surface area contributed by atoms with Gasteiger partial charge in [-0.2, -0.15) is 0 Å². The average Bonchev–Trinajstić information content (AvgIpc) is 2.45. The first-order chi connectivity index (χ1) is 10.8. The van der Waals surface area contributed by atoms with Crippen molar-refractivity contribution in [3.05, 3.63) is 48.2 Å². The van der Waals surface area contributed by atoms with E-state index in [9.17, 15) is 14.7 Å². The molecule has 0 aliphatic heterocycles. The molecule has 0 saturated carbocycles. The minimum Gasteiger partial charge on any atom is -0.478 e. The number of hydrogen-bond acceptors (Lipinski definition) is 4. The third-order valence-electron chi connectivity index (χ3n) is 2.87. The lowest BCUT2D eigenvalue weighted by Crippen LogP contribution is -2.27. The Hall–Kier alpha value is -2.89. The van der Waals surface area contributed by atoms with Crippen molar-refractivity contribution in [3.63, 3.8) is 0 Å². The largest absolute Gasteiger partial charge is 0.478 e. The first-order valence-electron chi connectivity index (χ1n) is 7.05. The molecule has 0 unspecified atom stereocenters. The molecule has 6 heteroatoms. The lowest BCUT2D eigenvalue weighted by molar-refractivity contribution is 0.0633. The molecule has 2 aromatic rings. The summed E-state index contributed by atoms with van der Waals surface area (Å²) in [5.41, 5.74) is 0.473. The van der Waals surface area contributed by atoms with E-state index in [0.29, 0.717) is 11.1 Å². The highest BCUT2D eigenvalue weighted by atomic mass is 16.6. The van der Waals surface area contributed by atoms with Gasteiger partial charge in [0, 0.05) is 11.8 Å². The van der Waals surface area contributed by atoms with E-state index in [1.807, 2.05) is 0 Å².